The summed E-state index contributed by atoms with van der Waals surface area (Å²) in [6.45, 7) is 0. The number of nitrogens with zero attached hydrogens (tertiary/aromatic N) is 3. The molecule has 0 amide bonds. The van der Waals surface area contributed by atoms with Crippen molar-refractivity contribution in [2.75, 3.05) is 18.7 Å². The highest BCUT2D eigenvalue weighted by Crippen LogP contribution is 2.27. The first kappa shape index (κ1) is 15.5. The van der Waals surface area contributed by atoms with Crippen molar-refractivity contribution in [1.29, 1.82) is 0 Å². The van der Waals surface area contributed by atoms with Gasteiger partial charge in [0.15, 0.2) is 5.82 Å². The van der Waals surface area contributed by atoms with Crippen LogP contribution < -0.4 is 10.6 Å². The monoisotopic (exact) mass is 318 g/mol. The largest absolute Gasteiger partial charge is 0.497 e. The fraction of sp³-hybridized carbons (Fsp3) is 0.333. The molecule has 2 N–H and O–H groups in total. The van der Waals surface area contributed by atoms with Crippen molar-refractivity contribution in [3.8, 4) is 17.1 Å². The van der Waals surface area contributed by atoms with Gasteiger partial charge in [0.2, 0.25) is 5.16 Å². The molecule has 0 bridgehead atoms. The highest BCUT2D eigenvalue weighted by Gasteiger charge is 2.27. The van der Waals surface area contributed by atoms with Crippen LogP contribution in [0.3, 0.4) is 0 Å². The number of rotatable bonds is 5. The molecule has 2 aromatic rings. The molecule has 1 heterocycles. The molecule has 0 unspecified atom stereocenters. The third-order valence-corrected chi connectivity index (χ3v) is 3.57. The minimum absolute atomic E-state index is 0.151. The number of methoxy groups -OCH3 is 1. The van der Waals surface area contributed by atoms with E-state index in [2.05, 4.69) is 10.2 Å². The van der Waals surface area contributed by atoms with Crippen molar-refractivity contribution < 1.29 is 17.9 Å². The van der Waals surface area contributed by atoms with Gasteiger partial charge in [-0.15, -0.1) is 10.2 Å². The topological polar surface area (TPSA) is 66.0 Å². The van der Waals surface area contributed by atoms with Gasteiger partial charge in [0, 0.05) is 11.3 Å². The molecule has 21 heavy (non-hydrogen) atoms. The van der Waals surface area contributed by atoms with Crippen molar-refractivity contribution in [2.24, 2.45) is 0 Å². The maximum absolute atomic E-state index is 12.1. The first-order chi connectivity index (χ1) is 9.90. The highest BCUT2D eigenvalue weighted by molar-refractivity contribution is 7.99. The van der Waals surface area contributed by atoms with Gasteiger partial charge in [-0.3, -0.25) is 0 Å². The van der Waals surface area contributed by atoms with Gasteiger partial charge in [0.25, 0.3) is 0 Å². The minimum Gasteiger partial charge on any atom is -0.497 e. The smallest absolute Gasteiger partial charge is 0.389 e. The summed E-state index contributed by atoms with van der Waals surface area (Å²) in [7, 11) is 1.55. The van der Waals surface area contributed by atoms with Gasteiger partial charge in [-0.1, -0.05) is 11.8 Å². The van der Waals surface area contributed by atoms with E-state index >= 15 is 0 Å². The predicted octanol–water partition coefficient (Wildman–Crippen LogP) is 2.71. The third-order valence-electron chi connectivity index (χ3n) is 2.63. The van der Waals surface area contributed by atoms with E-state index in [1.165, 1.54) is 4.68 Å². The van der Waals surface area contributed by atoms with Crippen LogP contribution in [0.2, 0.25) is 0 Å². The summed E-state index contributed by atoms with van der Waals surface area (Å²) in [6.07, 6.45) is -5.09. The normalized spacial score (nSPS) is 11.6. The Bertz CT molecular complexity index is 598. The fourth-order valence-corrected chi connectivity index (χ4v) is 2.41. The first-order valence-corrected chi connectivity index (χ1v) is 6.94. The van der Waals surface area contributed by atoms with Crippen molar-refractivity contribution in [2.45, 2.75) is 17.8 Å². The lowest BCUT2D eigenvalue weighted by Gasteiger charge is -2.06. The van der Waals surface area contributed by atoms with E-state index in [4.69, 9.17) is 10.6 Å². The summed E-state index contributed by atoms with van der Waals surface area (Å²) in [4.78, 5) is 0. The molecule has 2 rings (SSSR count). The molecule has 0 aliphatic heterocycles. The molecule has 0 aliphatic carbocycles. The number of nitrogen functional groups attached to an aromatic ring is 1. The molecule has 0 fully saturated rings. The summed E-state index contributed by atoms with van der Waals surface area (Å²) >= 11 is 0.917. The Morgan fingerprint density at radius 2 is 1.90 bits per heavy atom. The standard InChI is InChI=1S/C12H13F3N4OS/c1-20-9-4-2-8(3-5-9)10-17-18-11(19(10)16)21-7-6-12(13,14)15/h2-5H,6-7,16H2,1H3. The van der Waals surface area contributed by atoms with E-state index in [-0.39, 0.29) is 10.9 Å². The second-order valence-electron chi connectivity index (χ2n) is 4.12. The molecule has 114 valence electrons. The Morgan fingerprint density at radius 1 is 1.24 bits per heavy atom. The van der Waals surface area contributed by atoms with Crippen LogP contribution in [-0.4, -0.2) is 33.9 Å². The summed E-state index contributed by atoms with van der Waals surface area (Å²) in [5.74, 6) is 6.73. The summed E-state index contributed by atoms with van der Waals surface area (Å²) in [6, 6.07) is 6.97. The Balaban J connectivity index is 2.09. The van der Waals surface area contributed by atoms with Crippen molar-refractivity contribution in [3.63, 3.8) is 0 Å². The van der Waals surface area contributed by atoms with Crippen LogP contribution in [0.4, 0.5) is 13.2 Å². The number of hydrogen-bond donors (Lipinski definition) is 1. The van der Waals surface area contributed by atoms with Gasteiger partial charge in [-0.25, -0.2) is 4.68 Å². The van der Waals surface area contributed by atoms with E-state index in [1.807, 2.05) is 0 Å². The number of benzene rings is 1. The molecular weight excluding hydrogens is 305 g/mol. The highest BCUT2D eigenvalue weighted by atomic mass is 32.2. The van der Waals surface area contributed by atoms with Gasteiger partial charge in [-0.2, -0.15) is 13.2 Å². The minimum atomic E-state index is -4.19. The summed E-state index contributed by atoms with van der Waals surface area (Å²) in [5.41, 5.74) is 0.702. The zero-order valence-corrected chi connectivity index (χ0v) is 11.9. The average molecular weight is 318 g/mol. The van der Waals surface area contributed by atoms with Crippen molar-refractivity contribution in [3.05, 3.63) is 24.3 Å². The molecule has 0 spiro atoms. The number of hydrogen-bond acceptors (Lipinski definition) is 5. The van der Waals surface area contributed by atoms with Crippen LogP contribution >= 0.6 is 11.8 Å². The SMILES string of the molecule is COc1ccc(-c2nnc(SCCC(F)(F)F)n2N)cc1. The number of ether oxygens (including phenoxy) is 1. The molecule has 1 aromatic carbocycles. The van der Waals surface area contributed by atoms with Gasteiger partial charge in [0.1, 0.15) is 5.75 Å². The zero-order valence-electron chi connectivity index (χ0n) is 11.1. The fourth-order valence-electron chi connectivity index (χ4n) is 1.57. The lowest BCUT2D eigenvalue weighted by Crippen LogP contribution is -2.13. The third kappa shape index (κ3) is 4.03. The zero-order chi connectivity index (χ0) is 15.5. The Labute approximate surface area is 123 Å². The van der Waals surface area contributed by atoms with Gasteiger partial charge in [0.05, 0.1) is 13.5 Å². The Hall–Kier alpha value is -1.90. The van der Waals surface area contributed by atoms with Crippen LogP contribution in [0.15, 0.2) is 29.4 Å². The van der Waals surface area contributed by atoms with Crippen molar-refractivity contribution >= 4 is 11.8 Å². The maximum atomic E-state index is 12.1. The number of thioether (sulfide) groups is 1. The molecule has 0 aliphatic rings. The first-order valence-electron chi connectivity index (χ1n) is 5.95. The van der Waals surface area contributed by atoms with E-state index in [1.54, 1.807) is 31.4 Å². The summed E-state index contributed by atoms with van der Waals surface area (Å²) in [5, 5.41) is 7.95. The molecule has 0 saturated heterocycles. The predicted molar refractivity (Wildman–Crippen MR) is 73.6 cm³/mol. The molecule has 0 radical (unpaired) electrons. The number of aromatic nitrogens is 3. The van der Waals surface area contributed by atoms with E-state index in [0.29, 0.717) is 17.1 Å². The van der Waals surface area contributed by atoms with Gasteiger partial charge in [-0.05, 0) is 24.3 Å². The number of halogens is 3. The van der Waals surface area contributed by atoms with Crippen LogP contribution in [0.25, 0.3) is 11.4 Å². The second-order valence-corrected chi connectivity index (χ2v) is 5.18. The number of alkyl halides is 3. The molecule has 0 saturated carbocycles. The Kier molecular flexibility index (Phi) is 4.61. The lowest BCUT2D eigenvalue weighted by atomic mass is 10.2. The van der Waals surface area contributed by atoms with Gasteiger partial charge >= 0.3 is 6.18 Å². The van der Waals surface area contributed by atoms with Crippen LogP contribution in [0, 0.1) is 0 Å². The van der Waals surface area contributed by atoms with E-state index in [9.17, 15) is 13.2 Å². The van der Waals surface area contributed by atoms with Gasteiger partial charge < -0.3 is 10.6 Å². The molecule has 0 atom stereocenters. The lowest BCUT2D eigenvalue weighted by molar-refractivity contribution is -0.129. The molecular formula is C12H13F3N4OS. The second kappa shape index (κ2) is 6.25. The number of nitrogens with two attached hydrogens (primary N) is 1. The molecule has 1 aromatic heterocycles. The molecule has 5 nitrogen and oxygen atoms in total. The van der Waals surface area contributed by atoms with Crippen LogP contribution in [-0.2, 0) is 0 Å². The van der Waals surface area contributed by atoms with Crippen LogP contribution in [0.5, 0.6) is 5.75 Å². The quantitative estimate of drug-likeness (QED) is 0.678. The van der Waals surface area contributed by atoms with E-state index in [0.717, 1.165) is 11.8 Å². The van der Waals surface area contributed by atoms with Crippen molar-refractivity contribution in [1.82, 2.24) is 14.9 Å². The molecule has 9 heteroatoms. The average Bonchev–Trinajstić information content (AvgIpc) is 2.79. The van der Waals surface area contributed by atoms with Crippen LogP contribution in [0.1, 0.15) is 6.42 Å². The maximum Gasteiger partial charge on any atom is 0.389 e. The summed E-state index contributed by atoms with van der Waals surface area (Å²) < 4.78 is 42.5. The van der Waals surface area contributed by atoms with E-state index < -0.39 is 12.6 Å². The Morgan fingerprint density at radius 3 is 2.48 bits per heavy atom.